The van der Waals surface area contributed by atoms with Gasteiger partial charge in [-0.15, -0.1) is 0 Å². The van der Waals surface area contributed by atoms with Gasteiger partial charge < -0.3 is 0 Å². The number of carbonyl (C=O) groups is 1. The molecule has 1 aromatic rings. The van der Waals surface area contributed by atoms with Gasteiger partial charge in [-0.1, -0.05) is 18.2 Å². The maximum atomic E-state index is 13.1. The van der Waals surface area contributed by atoms with Crippen molar-refractivity contribution >= 4 is 21.7 Å². The van der Waals surface area contributed by atoms with Crippen LogP contribution in [0.1, 0.15) is 23.7 Å². The predicted octanol–water partition coefficient (Wildman–Crippen LogP) is 3.74. The number of hydrogen-bond acceptors (Lipinski definition) is 1. The number of rotatable bonds is 3. The normalized spacial score (nSPS) is 9.93. The molecule has 0 aliphatic rings. The largest absolute Gasteiger partial charge is 0.294 e. The van der Waals surface area contributed by atoms with Crippen molar-refractivity contribution in [2.75, 3.05) is 0 Å². The zero-order chi connectivity index (χ0) is 10.7. The number of benzene rings is 1. The lowest BCUT2D eigenvalue weighted by Gasteiger charge is -2.01. The van der Waals surface area contributed by atoms with Crippen LogP contribution in [-0.4, -0.2) is 5.78 Å². The molecule has 74 valence electrons. The van der Waals surface area contributed by atoms with Gasteiger partial charge in [0.05, 0.1) is 4.47 Å². The maximum absolute atomic E-state index is 13.1. The number of halogens is 2. The predicted molar refractivity (Wildman–Crippen MR) is 57.9 cm³/mol. The van der Waals surface area contributed by atoms with Crippen LogP contribution in [0, 0.1) is 5.82 Å². The molecule has 0 amide bonds. The van der Waals surface area contributed by atoms with Crippen LogP contribution in [-0.2, 0) is 0 Å². The highest BCUT2D eigenvalue weighted by atomic mass is 79.9. The summed E-state index contributed by atoms with van der Waals surface area (Å²) in [5, 5.41) is 0. The molecule has 0 aliphatic carbocycles. The summed E-state index contributed by atoms with van der Waals surface area (Å²) in [6, 6.07) is 4.36. The molecule has 1 nitrogen and oxygen atoms in total. The van der Waals surface area contributed by atoms with Crippen LogP contribution >= 0.6 is 15.9 Å². The third-order valence-electron chi connectivity index (χ3n) is 1.70. The quantitative estimate of drug-likeness (QED) is 0.595. The van der Waals surface area contributed by atoms with Gasteiger partial charge in [-0.3, -0.25) is 4.79 Å². The Labute approximate surface area is 90.8 Å². The van der Waals surface area contributed by atoms with E-state index in [2.05, 4.69) is 22.5 Å². The summed E-state index contributed by atoms with van der Waals surface area (Å²) in [7, 11) is 0. The Balaban J connectivity index is 2.91. The summed E-state index contributed by atoms with van der Waals surface area (Å²) in [5.41, 5.74) is 1.16. The molecule has 0 N–H and O–H groups in total. The molecule has 0 saturated carbocycles. The fourth-order valence-electron chi connectivity index (χ4n) is 1.05. The van der Waals surface area contributed by atoms with Crippen molar-refractivity contribution in [1.82, 2.24) is 0 Å². The van der Waals surface area contributed by atoms with E-state index < -0.39 is 5.82 Å². The molecule has 0 aromatic heterocycles. The molecule has 1 rings (SSSR count). The van der Waals surface area contributed by atoms with Gasteiger partial charge in [0.1, 0.15) is 5.82 Å². The van der Waals surface area contributed by atoms with E-state index in [1.165, 1.54) is 12.1 Å². The molecule has 0 fully saturated rings. The Bertz CT molecular complexity index is 385. The van der Waals surface area contributed by atoms with E-state index in [0.29, 0.717) is 10.0 Å². The SMILES string of the molecule is C=C(C)CC(=O)c1ccc(Br)c(F)c1. The summed E-state index contributed by atoms with van der Waals surface area (Å²) < 4.78 is 13.4. The second-order valence-corrected chi connectivity index (χ2v) is 4.04. The molecule has 0 unspecified atom stereocenters. The van der Waals surface area contributed by atoms with Crippen molar-refractivity contribution in [3.8, 4) is 0 Å². The van der Waals surface area contributed by atoms with Gasteiger partial charge in [0, 0.05) is 12.0 Å². The minimum Gasteiger partial charge on any atom is -0.294 e. The lowest BCUT2D eigenvalue weighted by Crippen LogP contribution is -1.99. The molecule has 0 bridgehead atoms. The average Bonchev–Trinajstić information content (AvgIpc) is 2.08. The Morgan fingerprint density at radius 1 is 1.57 bits per heavy atom. The molecular formula is C11H10BrFO. The minimum absolute atomic E-state index is 0.107. The molecule has 1 aromatic carbocycles. The molecule has 0 aliphatic heterocycles. The van der Waals surface area contributed by atoms with Crippen LogP contribution in [0.5, 0.6) is 0 Å². The molecule has 0 spiro atoms. The standard InChI is InChI=1S/C11H10BrFO/c1-7(2)5-11(14)8-3-4-9(12)10(13)6-8/h3-4,6H,1,5H2,2H3. The van der Waals surface area contributed by atoms with E-state index in [4.69, 9.17) is 0 Å². The van der Waals surface area contributed by atoms with E-state index >= 15 is 0 Å². The van der Waals surface area contributed by atoms with Crippen LogP contribution in [0.3, 0.4) is 0 Å². The van der Waals surface area contributed by atoms with Gasteiger partial charge in [0.25, 0.3) is 0 Å². The van der Waals surface area contributed by atoms with Crippen molar-refractivity contribution in [2.45, 2.75) is 13.3 Å². The Morgan fingerprint density at radius 3 is 2.71 bits per heavy atom. The first-order valence-corrected chi connectivity index (χ1v) is 4.92. The molecule has 0 radical (unpaired) electrons. The third kappa shape index (κ3) is 2.77. The number of Topliss-reactive ketones (excluding diaryl/α,β-unsaturated/α-hetero) is 1. The first-order valence-electron chi connectivity index (χ1n) is 4.13. The van der Waals surface area contributed by atoms with Crippen LogP contribution < -0.4 is 0 Å². The van der Waals surface area contributed by atoms with Crippen LogP contribution in [0.4, 0.5) is 4.39 Å². The number of hydrogen-bond donors (Lipinski definition) is 0. The topological polar surface area (TPSA) is 17.1 Å². The van der Waals surface area contributed by atoms with Gasteiger partial charge >= 0.3 is 0 Å². The zero-order valence-electron chi connectivity index (χ0n) is 7.81. The van der Waals surface area contributed by atoms with E-state index in [9.17, 15) is 9.18 Å². The van der Waals surface area contributed by atoms with Gasteiger partial charge in [0.15, 0.2) is 5.78 Å². The highest BCUT2D eigenvalue weighted by Gasteiger charge is 2.08. The lowest BCUT2D eigenvalue weighted by molar-refractivity contribution is 0.0992. The van der Waals surface area contributed by atoms with Gasteiger partial charge in [-0.05, 0) is 35.0 Å². The van der Waals surface area contributed by atoms with Crippen molar-refractivity contribution in [3.63, 3.8) is 0 Å². The fraction of sp³-hybridized carbons (Fsp3) is 0.182. The van der Waals surface area contributed by atoms with Crippen LogP contribution in [0.25, 0.3) is 0 Å². The van der Waals surface area contributed by atoms with Crippen LogP contribution in [0.15, 0.2) is 34.8 Å². The second kappa shape index (κ2) is 4.51. The maximum Gasteiger partial charge on any atom is 0.166 e. The first-order chi connectivity index (χ1) is 6.50. The van der Waals surface area contributed by atoms with Gasteiger partial charge in [0.2, 0.25) is 0 Å². The summed E-state index contributed by atoms with van der Waals surface area (Å²) in [6.45, 7) is 5.41. The highest BCUT2D eigenvalue weighted by Crippen LogP contribution is 2.17. The number of allylic oxidation sites excluding steroid dienone is 1. The molecular weight excluding hydrogens is 247 g/mol. The highest BCUT2D eigenvalue weighted by molar-refractivity contribution is 9.10. The van der Waals surface area contributed by atoms with Crippen molar-refractivity contribution in [1.29, 1.82) is 0 Å². The Hall–Kier alpha value is -0.960. The smallest absolute Gasteiger partial charge is 0.166 e. The third-order valence-corrected chi connectivity index (χ3v) is 2.35. The Kier molecular flexibility index (Phi) is 3.58. The molecule has 3 heteroatoms. The molecule has 0 saturated heterocycles. The Morgan fingerprint density at radius 2 is 2.21 bits per heavy atom. The number of carbonyl (C=O) groups excluding carboxylic acids is 1. The average molecular weight is 257 g/mol. The fourth-order valence-corrected chi connectivity index (χ4v) is 1.29. The van der Waals surface area contributed by atoms with Crippen molar-refractivity contribution < 1.29 is 9.18 Å². The zero-order valence-corrected chi connectivity index (χ0v) is 9.40. The van der Waals surface area contributed by atoms with E-state index in [1.54, 1.807) is 13.0 Å². The van der Waals surface area contributed by atoms with Gasteiger partial charge in [-0.2, -0.15) is 0 Å². The molecule has 14 heavy (non-hydrogen) atoms. The van der Waals surface area contributed by atoms with Gasteiger partial charge in [-0.25, -0.2) is 4.39 Å². The van der Waals surface area contributed by atoms with Crippen molar-refractivity contribution in [2.24, 2.45) is 0 Å². The summed E-state index contributed by atoms with van der Waals surface area (Å²) >= 11 is 3.03. The molecule has 0 heterocycles. The van der Waals surface area contributed by atoms with E-state index in [0.717, 1.165) is 5.57 Å². The summed E-state index contributed by atoms with van der Waals surface area (Å²) in [5.74, 6) is -0.526. The van der Waals surface area contributed by atoms with Crippen molar-refractivity contribution in [3.05, 3.63) is 46.2 Å². The first kappa shape index (κ1) is 11.1. The monoisotopic (exact) mass is 256 g/mol. The van der Waals surface area contributed by atoms with Crippen LogP contribution in [0.2, 0.25) is 0 Å². The lowest BCUT2D eigenvalue weighted by atomic mass is 10.1. The van der Waals surface area contributed by atoms with E-state index in [1.807, 2.05) is 0 Å². The second-order valence-electron chi connectivity index (χ2n) is 3.19. The summed E-state index contributed by atoms with van der Waals surface area (Å²) in [4.78, 5) is 11.5. The minimum atomic E-state index is -0.419. The van der Waals surface area contributed by atoms with E-state index in [-0.39, 0.29) is 12.2 Å². The summed E-state index contributed by atoms with van der Waals surface area (Å²) in [6.07, 6.45) is 0.265. The molecule has 0 atom stereocenters. The number of ketones is 1.